The molecule has 0 radical (unpaired) electrons. The number of carbonyl (C=O) groups excluding carboxylic acids is 1. The van der Waals surface area contributed by atoms with Gasteiger partial charge < -0.3 is 10.5 Å². The molecule has 0 aliphatic carbocycles. The van der Waals surface area contributed by atoms with E-state index in [1.807, 2.05) is 0 Å². The summed E-state index contributed by atoms with van der Waals surface area (Å²) in [4.78, 5) is 11.6. The SMILES string of the molecule is Nc1ccc(CC(=O)OCc2ccc(F)c(F)c2)cc1. The highest BCUT2D eigenvalue weighted by Crippen LogP contribution is 2.11. The standard InChI is InChI=1S/C15H13F2NO2/c16-13-6-3-11(7-14(13)17)9-20-15(19)8-10-1-4-12(18)5-2-10/h1-7H,8-9,18H2. The van der Waals surface area contributed by atoms with E-state index in [0.717, 1.165) is 17.7 Å². The van der Waals surface area contributed by atoms with Crippen molar-refractivity contribution in [2.24, 2.45) is 0 Å². The van der Waals surface area contributed by atoms with Gasteiger partial charge in [0.2, 0.25) is 0 Å². The molecule has 0 aliphatic rings. The van der Waals surface area contributed by atoms with Crippen LogP contribution in [0.15, 0.2) is 42.5 Å². The first kappa shape index (κ1) is 14.0. The second kappa shape index (κ2) is 6.14. The number of esters is 1. The highest BCUT2D eigenvalue weighted by Gasteiger charge is 2.07. The monoisotopic (exact) mass is 277 g/mol. The Bertz CT molecular complexity index is 612. The summed E-state index contributed by atoms with van der Waals surface area (Å²) in [6.45, 7) is -0.0923. The number of rotatable bonds is 4. The van der Waals surface area contributed by atoms with Crippen LogP contribution in [0.5, 0.6) is 0 Å². The van der Waals surface area contributed by atoms with Gasteiger partial charge in [0.05, 0.1) is 6.42 Å². The van der Waals surface area contributed by atoms with E-state index >= 15 is 0 Å². The van der Waals surface area contributed by atoms with Crippen molar-refractivity contribution in [2.75, 3.05) is 5.73 Å². The van der Waals surface area contributed by atoms with Crippen molar-refractivity contribution in [1.82, 2.24) is 0 Å². The fourth-order valence-corrected chi connectivity index (χ4v) is 1.65. The molecule has 20 heavy (non-hydrogen) atoms. The Morgan fingerprint density at radius 1 is 1.00 bits per heavy atom. The van der Waals surface area contributed by atoms with Gasteiger partial charge in [-0.3, -0.25) is 4.79 Å². The first-order valence-corrected chi connectivity index (χ1v) is 5.98. The Labute approximate surface area is 115 Å². The van der Waals surface area contributed by atoms with Gasteiger partial charge in [0.1, 0.15) is 6.61 Å². The fourth-order valence-electron chi connectivity index (χ4n) is 1.65. The molecule has 0 fully saturated rings. The topological polar surface area (TPSA) is 52.3 Å². The lowest BCUT2D eigenvalue weighted by Gasteiger charge is -2.06. The highest BCUT2D eigenvalue weighted by molar-refractivity contribution is 5.72. The Morgan fingerprint density at radius 2 is 1.65 bits per heavy atom. The van der Waals surface area contributed by atoms with E-state index in [9.17, 15) is 13.6 Å². The Balaban J connectivity index is 1.88. The minimum absolute atomic E-state index is 0.0923. The summed E-state index contributed by atoms with van der Waals surface area (Å²) in [6.07, 6.45) is 0.101. The van der Waals surface area contributed by atoms with E-state index in [2.05, 4.69) is 0 Å². The molecule has 0 atom stereocenters. The zero-order valence-electron chi connectivity index (χ0n) is 10.6. The first-order chi connectivity index (χ1) is 9.54. The van der Waals surface area contributed by atoms with Gasteiger partial charge in [0, 0.05) is 5.69 Å². The van der Waals surface area contributed by atoms with E-state index in [0.29, 0.717) is 11.3 Å². The Kier molecular flexibility index (Phi) is 4.30. The molecule has 2 aromatic rings. The predicted octanol–water partition coefficient (Wildman–Crippen LogP) is 2.83. The minimum Gasteiger partial charge on any atom is -0.461 e. The van der Waals surface area contributed by atoms with Crippen LogP contribution >= 0.6 is 0 Å². The van der Waals surface area contributed by atoms with Crippen LogP contribution in [0.1, 0.15) is 11.1 Å². The lowest BCUT2D eigenvalue weighted by Crippen LogP contribution is -2.08. The van der Waals surface area contributed by atoms with Crippen molar-refractivity contribution in [2.45, 2.75) is 13.0 Å². The number of carbonyl (C=O) groups is 1. The summed E-state index contributed by atoms with van der Waals surface area (Å²) < 4.78 is 30.7. The van der Waals surface area contributed by atoms with Gasteiger partial charge in [-0.2, -0.15) is 0 Å². The van der Waals surface area contributed by atoms with E-state index in [4.69, 9.17) is 10.5 Å². The summed E-state index contributed by atoms with van der Waals surface area (Å²) in [5.74, 6) is -2.33. The average Bonchev–Trinajstić information content (AvgIpc) is 2.43. The lowest BCUT2D eigenvalue weighted by molar-refractivity contribution is -0.144. The molecular weight excluding hydrogens is 264 g/mol. The molecule has 0 saturated carbocycles. The number of halogens is 2. The molecule has 3 nitrogen and oxygen atoms in total. The average molecular weight is 277 g/mol. The van der Waals surface area contributed by atoms with Crippen LogP contribution in [0, 0.1) is 11.6 Å². The molecule has 5 heteroatoms. The second-order valence-corrected chi connectivity index (χ2v) is 4.33. The molecule has 0 unspecified atom stereocenters. The van der Waals surface area contributed by atoms with Crippen molar-refractivity contribution in [3.05, 3.63) is 65.2 Å². The van der Waals surface area contributed by atoms with Crippen LogP contribution in [0.4, 0.5) is 14.5 Å². The second-order valence-electron chi connectivity index (χ2n) is 4.33. The Hall–Kier alpha value is -2.43. The molecule has 0 aromatic heterocycles. The van der Waals surface area contributed by atoms with Crippen molar-refractivity contribution in [1.29, 1.82) is 0 Å². The van der Waals surface area contributed by atoms with Crippen molar-refractivity contribution < 1.29 is 18.3 Å². The maximum atomic E-state index is 13.0. The number of hydrogen-bond donors (Lipinski definition) is 1. The number of nitrogen functional groups attached to an aromatic ring is 1. The van der Waals surface area contributed by atoms with Gasteiger partial charge in [-0.1, -0.05) is 18.2 Å². The summed E-state index contributed by atoms with van der Waals surface area (Å²) in [7, 11) is 0. The van der Waals surface area contributed by atoms with Crippen LogP contribution in [0.3, 0.4) is 0 Å². The molecule has 0 aliphatic heterocycles. The molecule has 0 bridgehead atoms. The molecule has 104 valence electrons. The summed E-state index contributed by atoms with van der Waals surface area (Å²) in [6, 6.07) is 10.2. The number of anilines is 1. The predicted molar refractivity (Wildman–Crippen MR) is 70.7 cm³/mol. The van der Waals surface area contributed by atoms with Crippen molar-refractivity contribution in [3.8, 4) is 0 Å². The maximum absolute atomic E-state index is 13.0. The third-order valence-electron chi connectivity index (χ3n) is 2.71. The molecular formula is C15H13F2NO2. The largest absolute Gasteiger partial charge is 0.461 e. The molecule has 2 aromatic carbocycles. The number of ether oxygens (including phenoxy) is 1. The first-order valence-electron chi connectivity index (χ1n) is 5.98. The van der Waals surface area contributed by atoms with Crippen LogP contribution < -0.4 is 5.73 Å². The lowest BCUT2D eigenvalue weighted by atomic mass is 10.1. The van der Waals surface area contributed by atoms with E-state index < -0.39 is 17.6 Å². The van der Waals surface area contributed by atoms with Gasteiger partial charge >= 0.3 is 5.97 Å². The van der Waals surface area contributed by atoms with E-state index in [1.54, 1.807) is 24.3 Å². The molecule has 0 saturated heterocycles. The number of nitrogens with two attached hydrogens (primary N) is 1. The minimum atomic E-state index is -0.961. The van der Waals surface area contributed by atoms with Crippen molar-refractivity contribution in [3.63, 3.8) is 0 Å². The number of benzene rings is 2. The molecule has 0 spiro atoms. The quantitative estimate of drug-likeness (QED) is 0.690. The summed E-state index contributed by atoms with van der Waals surface area (Å²) in [5.41, 5.74) is 7.32. The number of hydrogen-bond acceptors (Lipinski definition) is 3. The maximum Gasteiger partial charge on any atom is 0.310 e. The van der Waals surface area contributed by atoms with Crippen LogP contribution in [-0.4, -0.2) is 5.97 Å². The van der Waals surface area contributed by atoms with E-state index in [-0.39, 0.29) is 13.0 Å². The third kappa shape index (κ3) is 3.78. The van der Waals surface area contributed by atoms with Gasteiger partial charge in [0.15, 0.2) is 11.6 Å². The summed E-state index contributed by atoms with van der Waals surface area (Å²) >= 11 is 0. The van der Waals surface area contributed by atoms with Gasteiger partial charge in [-0.15, -0.1) is 0 Å². The van der Waals surface area contributed by atoms with E-state index in [1.165, 1.54) is 6.07 Å². The molecule has 2 N–H and O–H groups in total. The van der Waals surface area contributed by atoms with Crippen LogP contribution in [0.2, 0.25) is 0 Å². The fraction of sp³-hybridized carbons (Fsp3) is 0.133. The van der Waals surface area contributed by atoms with Gasteiger partial charge in [-0.25, -0.2) is 8.78 Å². The van der Waals surface area contributed by atoms with Crippen LogP contribution in [0.25, 0.3) is 0 Å². The normalized spacial score (nSPS) is 10.3. The molecule has 2 rings (SSSR count). The highest BCUT2D eigenvalue weighted by atomic mass is 19.2. The van der Waals surface area contributed by atoms with Crippen LogP contribution in [-0.2, 0) is 22.6 Å². The van der Waals surface area contributed by atoms with Crippen molar-refractivity contribution >= 4 is 11.7 Å². The Morgan fingerprint density at radius 3 is 2.30 bits per heavy atom. The zero-order valence-corrected chi connectivity index (χ0v) is 10.6. The molecule has 0 heterocycles. The summed E-state index contributed by atoms with van der Waals surface area (Å²) in [5, 5.41) is 0. The third-order valence-corrected chi connectivity index (χ3v) is 2.71. The zero-order chi connectivity index (χ0) is 14.5. The molecule has 0 amide bonds. The smallest absolute Gasteiger partial charge is 0.310 e. The van der Waals surface area contributed by atoms with Gasteiger partial charge in [0.25, 0.3) is 0 Å². The van der Waals surface area contributed by atoms with Gasteiger partial charge in [-0.05, 0) is 35.4 Å².